The minimum atomic E-state index is -0.896. The van der Waals surface area contributed by atoms with Crippen molar-refractivity contribution in [1.29, 1.82) is 0 Å². The summed E-state index contributed by atoms with van der Waals surface area (Å²) in [5.41, 5.74) is 1.25. The van der Waals surface area contributed by atoms with Gasteiger partial charge in [-0.25, -0.2) is 4.79 Å². The number of aromatic carboxylic acids is 1. The average molecular weight is 530 g/mol. The molecule has 204 valence electrons. The molecule has 0 bridgehead atoms. The molecule has 1 saturated heterocycles. The van der Waals surface area contributed by atoms with E-state index in [4.69, 9.17) is 9.47 Å². The minimum Gasteiger partial charge on any atom is -0.477 e. The van der Waals surface area contributed by atoms with Crippen molar-refractivity contribution in [2.45, 2.75) is 96.8 Å². The average Bonchev–Trinajstić information content (AvgIpc) is 3.52. The maximum absolute atomic E-state index is 12.3. The van der Waals surface area contributed by atoms with Crippen LogP contribution in [0.15, 0.2) is 17.7 Å². The molecular weight excluding hydrogens is 486 g/mol. The monoisotopic (exact) mass is 529 g/mol. The first kappa shape index (κ1) is 28.2. The highest BCUT2D eigenvalue weighted by Crippen LogP contribution is 2.39. The fraction of sp³-hybridized carbons (Fsp3) is 0.700. The maximum Gasteiger partial charge on any atom is 0.348 e. The summed E-state index contributed by atoms with van der Waals surface area (Å²) in [6, 6.07) is 2.17. The second-order valence-corrected chi connectivity index (χ2v) is 13.3. The Labute approximate surface area is 226 Å². The van der Waals surface area contributed by atoms with Gasteiger partial charge in [0.1, 0.15) is 4.88 Å². The minimum absolute atomic E-state index is 0.0811. The maximum atomic E-state index is 12.3. The van der Waals surface area contributed by atoms with E-state index in [1.165, 1.54) is 16.9 Å². The van der Waals surface area contributed by atoms with Crippen LogP contribution in [0.5, 0.6) is 0 Å². The van der Waals surface area contributed by atoms with Gasteiger partial charge in [0.15, 0.2) is 0 Å². The first-order chi connectivity index (χ1) is 17.5. The van der Waals surface area contributed by atoms with E-state index in [1.807, 2.05) is 6.07 Å². The molecule has 6 nitrogen and oxygen atoms in total. The first-order valence-corrected chi connectivity index (χ1v) is 14.6. The summed E-state index contributed by atoms with van der Waals surface area (Å²) in [6.45, 7) is 10.9. The summed E-state index contributed by atoms with van der Waals surface area (Å²) in [6.07, 6.45) is 9.46. The Morgan fingerprint density at radius 1 is 1.27 bits per heavy atom. The van der Waals surface area contributed by atoms with Crippen LogP contribution >= 0.6 is 11.3 Å². The van der Waals surface area contributed by atoms with E-state index in [0.29, 0.717) is 36.9 Å². The Bertz CT molecular complexity index is 1030. The summed E-state index contributed by atoms with van der Waals surface area (Å²) >= 11 is 1.28. The van der Waals surface area contributed by atoms with E-state index in [9.17, 15) is 15.0 Å². The van der Waals surface area contributed by atoms with Crippen molar-refractivity contribution < 1.29 is 24.5 Å². The molecule has 0 amide bonds. The number of aliphatic hydroxyl groups is 1. The third kappa shape index (κ3) is 7.83. The van der Waals surface area contributed by atoms with Crippen LogP contribution in [-0.4, -0.2) is 60.3 Å². The Hall–Kier alpha value is -1.85. The highest BCUT2D eigenvalue weighted by atomic mass is 32.1. The van der Waals surface area contributed by atoms with E-state index in [0.717, 1.165) is 62.2 Å². The van der Waals surface area contributed by atoms with Gasteiger partial charge in [0.25, 0.3) is 0 Å². The highest BCUT2D eigenvalue weighted by Gasteiger charge is 2.38. The van der Waals surface area contributed by atoms with Gasteiger partial charge in [-0.2, -0.15) is 0 Å². The third-order valence-electron chi connectivity index (χ3n) is 7.78. The van der Waals surface area contributed by atoms with Crippen LogP contribution < -0.4 is 4.90 Å². The van der Waals surface area contributed by atoms with Crippen molar-refractivity contribution in [3.63, 3.8) is 0 Å². The smallest absolute Gasteiger partial charge is 0.348 e. The summed E-state index contributed by atoms with van der Waals surface area (Å²) in [5, 5.41) is 21.4. The standard InChI is InChI=1S/C30H43NO5S/c1-21-5-7-22(8-6-21)18-31(26-17-25(11-13-29(2,3)4)37-27(26)28(32)33)23-9-14-30(34,15-10-23)20-36-24-12-16-35-19-24/h5,17,22-24,34H,6-10,12,14-16,18-20H2,1-4H3,(H,32,33)/t22-,23?,24-,30?/m0/s1. The van der Waals surface area contributed by atoms with Crippen LogP contribution in [0.25, 0.3) is 0 Å². The van der Waals surface area contributed by atoms with Crippen molar-refractivity contribution >= 4 is 23.0 Å². The van der Waals surface area contributed by atoms with Crippen LogP contribution in [0.4, 0.5) is 5.69 Å². The van der Waals surface area contributed by atoms with E-state index in [-0.39, 0.29) is 17.6 Å². The Morgan fingerprint density at radius 2 is 2.03 bits per heavy atom. The van der Waals surface area contributed by atoms with Gasteiger partial charge >= 0.3 is 5.97 Å². The van der Waals surface area contributed by atoms with Crippen molar-refractivity contribution in [3.05, 3.63) is 27.5 Å². The zero-order valence-corrected chi connectivity index (χ0v) is 23.7. The molecule has 1 saturated carbocycles. The second-order valence-electron chi connectivity index (χ2n) is 12.2. The molecule has 2 fully saturated rings. The van der Waals surface area contributed by atoms with Gasteiger partial charge in [-0.3, -0.25) is 0 Å². The lowest BCUT2D eigenvalue weighted by molar-refractivity contribution is -0.0927. The molecule has 1 aliphatic heterocycles. The largest absolute Gasteiger partial charge is 0.477 e. The number of anilines is 1. The van der Waals surface area contributed by atoms with Crippen LogP contribution in [0, 0.1) is 23.2 Å². The number of thiophene rings is 1. The second kappa shape index (κ2) is 11.9. The molecule has 2 heterocycles. The molecule has 7 heteroatoms. The number of ether oxygens (including phenoxy) is 2. The summed E-state index contributed by atoms with van der Waals surface area (Å²) in [5.74, 6) is 6.07. The fourth-order valence-electron chi connectivity index (χ4n) is 5.48. The Balaban J connectivity index is 1.54. The van der Waals surface area contributed by atoms with Crippen LogP contribution in [0.3, 0.4) is 0 Å². The normalized spacial score (nSPS) is 28.4. The molecule has 1 aromatic rings. The number of allylic oxidation sites excluding steroid dienone is 2. The number of hydrogen-bond acceptors (Lipinski definition) is 6. The summed E-state index contributed by atoms with van der Waals surface area (Å²) < 4.78 is 11.4. The van der Waals surface area contributed by atoms with Gasteiger partial charge in [0.05, 0.1) is 35.5 Å². The van der Waals surface area contributed by atoms with Gasteiger partial charge in [-0.1, -0.05) is 23.5 Å². The molecule has 37 heavy (non-hydrogen) atoms. The molecular formula is C30H43NO5S. The lowest BCUT2D eigenvalue weighted by atomic mass is 9.81. The molecule has 4 rings (SSSR count). The molecule has 2 N–H and O–H groups in total. The topological polar surface area (TPSA) is 79.2 Å². The van der Waals surface area contributed by atoms with Crippen molar-refractivity contribution in [2.75, 3.05) is 31.3 Å². The summed E-state index contributed by atoms with van der Waals surface area (Å²) in [7, 11) is 0. The molecule has 0 aromatic carbocycles. The van der Waals surface area contributed by atoms with E-state index in [2.05, 4.69) is 50.5 Å². The first-order valence-electron chi connectivity index (χ1n) is 13.8. The predicted octanol–water partition coefficient (Wildman–Crippen LogP) is 5.88. The molecule has 2 atom stereocenters. The molecule has 0 spiro atoms. The van der Waals surface area contributed by atoms with Gasteiger partial charge in [-0.15, -0.1) is 11.3 Å². The molecule has 0 radical (unpaired) electrons. The molecule has 2 aliphatic carbocycles. The van der Waals surface area contributed by atoms with Crippen LogP contribution in [0.1, 0.15) is 93.6 Å². The lowest BCUT2D eigenvalue weighted by Crippen LogP contribution is -2.48. The van der Waals surface area contributed by atoms with Gasteiger partial charge in [-0.05, 0) is 91.0 Å². The number of carboxylic acid groups (broad SMARTS) is 1. The van der Waals surface area contributed by atoms with E-state index < -0.39 is 11.6 Å². The predicted molar refractivity (Wildman–Crippen MR) is 148 cm³/mol. The lowest BCUT2D eigenvalue weighted by Gasteiger charge is -2.43. The number of nitrogens with zero attached hydrogens (tertiary/aromatic N) is 1. The highest BCUT2D eigenvalue weighted by molar-refractivity contribution is 7.15. The number of rotatable bonds is 8. The Kier molecular flexibility index (Phi) is 9.06. The number of carboxylic acids is 1. The van der Waals surface area contributed by atoms with Crippen molar-refractivity contribution in [3.8, 4) is 11.8 Å². The number of hydrogen-bond donors (Lipinski definition) is 2. The van der Waals surface area contributed by atoms with Crippen LogP contribution in [-0.2, 0) is 9.47 Å². The van der Waals surface area contributed by atoms with E-state index >= 15 is 0 Å². The van der Waals surface area contributed by atoms with E-state index in [1.54, 1.807) is 0 Å². The molecule has 1 aromatic heterocycles. The summed E-state index contributed by atoms with van der Waals surface area (Å²) in [4.78, 5) is 15.8. The number of carbonyl (C=O) groups is 1. The Morgan fingerprint density at radius 3 is 2.62 bits per heavy atom. The zero-order chi connectivity index (χ0) is 26.6. The zero-order valence-electron chi connectivity index (χ0n) is 22.8. The van der Waals surface area contributed by atoms with Crippen molar-refractivity contribution in [1.82, 2.24) is 0 Å². The molecule has 0 unspecified atom stereocenters. The SMILES string of the molecule is CC1=CC[C@H](CN(c2cc(C#CC(C)(C)C)sc2C(=O)O)C2CCC(O)(CO[C@H]3CCOC3)CC2)CC1. The van der Waals surface area contributed by atoms with Crippen LogP contribution in [0.2, 0.25) is 0 Å². The molecule has 3 aliphatic rings. The van der Waals surface area contributed by atoms with Crippen molar-refractivity contribution in [2.24, 2.45) is 11.3 Å². The van der Waals surface area contributed by atoms with Gasteiger partial charge in [0.2, 0.25) is 0 Å². The quantitative estimate of drug-likeness (QED) is 0.324. The van der Waals surface area contributed by atoms with Gasteiger partial charge in [0, 0.05) is 24.6 Å². The van der Waals surface area contributed by atoms with Gasteiger partial charge < -0.3 is 24.6 Å². The fourth-order valence-corrected chi connectivity index (χ4v) is 6.34. The third-order valence-corrected chi connectivity index (χ3v) is 8.81.